The maximum atomic E-state index is 10.5. The highest BCUT2D eigenvalue weighted by Gasteiger charge is 2.27. The summed E-state index contributed by atoms with van der Waals surface area (Å²) in [5.41, 5.74) is 0.963. The minimum Gasteiger partial charge on any atom is -0.493 e. The number of ether oxygens (including phenoxy) is 1. The average molecular weight is 268 g/mol. The van der Waals surface area contributed by atoms with E-state index in [1.807, 2.05) is 4.68 Å². The van der Waals surface area contributed by atoms with Crippen LogP contribution in [-0.4, -0.2) is 22.0 Å². The van der Waals surface area contributed by atoms with Crippen molar-refractivity contribution in [3.05, 3.63) is 11.9 Å². The third kappa shape index (κ3) is 3.72. The summed E-state index contributed by atoms with van der Waals surface area (Å²) in [7, 11) is 1.62. The van der Waals surface area contributed by atoms with Crippen molar-refractivity contribution < 1.29 is 9.84 Å². The molecule has 110 valence electrons. The summed E-state index contributed by atoms with van der Waals surface area (Å²) in [5, 5.41) is 14.9. The molecule has 0 spiro atoms. The number of aliphatic hydroxyl groups excluding tert-OH is 1. The molecule has 0 fully saturated rings. The van der Waals surface area contributed by atoms with Crippen LogP contribution < -0.4 is 4.74 Å². The summed E-state index contributed by atoms with van der Waals surface area (Å²) >= 11 is 0. The summed E-state index contributed by atoms with van der Waals surface area (Å²) in [4.78, 5) is 0. The molecule has 0 saturated heterocycles. The fraction of sp³-hybridized carbons (Fsp3) is 0.800. The minimum atomic E-state index is -0.547. The highest BCUT2D eigenvalue weighted by molar-refractivity contribution is 5.27. The Bertz CT molecular complexity index is 405. The van der Waals surface area contributed by atoms with Gasteiger partial charge in [-0.1, -0.05) is 27.7 Å². The monoisotopic (exact) mass is 268 g/mol. The molecule has 0 aromatic carbocycles. The van der Waals surface area contributed by atoms with Crippen LogP contribution in [0.25, 0.3) is 0 Å². The Kier molecular flexibility index (Phi) is 5.02. The molecule has 1 rings (SSSR count). The molecule has 2 atom stereocenters. The van der Waals surface area contributed by atoms with E-state index in [1.54, 1.807) is 13.3 Å². The second kappa shape index (κ2) is 5.95. The van der Waals surface area contributed by atoms with Crippen LogP contribution in [-0.2, 0) is 0 Å². The first-order valence-corrected chi connectivity index (χ1v) is 6.98. The van der Waals surface area contributed by atoms with Crippen molar-refractivity contribution in [2.45, 2.75) is 60.1 Å². The molecule has 0 aliphatic heterocycles. The molecule has 0 aliphatic carbocycles. The molecule has 1 N–H and O–H groups in total. The maximum absolute atomic E-state index is 10.5. The lowest BCUT2D eigenvalue weighted by Crippen LogP contribution is -2.21. The maximum Gasteiger partial charge on any atom is 0.162 e. The second-order valence-corrected chi connectivity index (χ2v) is 6.66. The van der Waals surface area contributed by atoms with Crippen molar-refractivity contribution in [1.29, 1.82) is 0 Å². The Morgan fingerprint density at radius 1 is 1.32 bits per heavy atom. The topological polar surface area (TPSA) is 47.3 Å². The Morgan fingerprint density at radius 2 is 1.89 bits per heavy atom. The molecule has 2 unspecified atom stereocenters. The van der Waals surface area contributed by atoms with Crippen LogP contribution in [0.4, 0.5) is 0 Å². The van der Waals surface area contributed by atoms with Crippen LogP contribution in [0.15, 0.2) is 6.20 Å². The van der Waals surface area contributed by atoms with Crippen molar-refractivity contribution in [1.82, 2.24) is 9.78 Å². The number of aromatic nitrogens is 2. The van der Waals surface area contributed by atoms with Gasteiger partial charge in [-0.05, 0) is 31.6 Å². The van der Waals surface area contributed by atoms with Gasteiger partial charge in [-0.3, -0.25) is 4.68 Å². The Labute approximate surface area is 116 Å². The molecule has 0 aliphatic rings. The van der Waals surface area contributed by atoms with E-state index in [4.69, 9.17) is 4.74 Å². The van der Waals surface area contributed by atoms with E-state index >= 15 is 0 Å². The first kappa shape index (κ1) is 16.0. The van der Waals surface area contributed by atoms with Crippen LogP contribution in [0.5, 0.6) is 5.75 Å². The molecular formula is C15H28N2O2. The van der Waals surface area contributed by atoms with Crippen molar-refractivity contribution >= 4 is 0 Å². The van der Waals surface area contributed by atoms with Crippen LogP contribution in [0, 0.1) is 11.3 Å². The average Bonchev–Trinajstić information content (AvgIpc) is 2.70. The zero-order chi connectivity index (χ0) is 14.8. The number of nitrogens with zero attached hydrogens (tertiary/aromatic N) is 2. The fourth-order valence-electron chi connectivity index (χ4n) is 2.04. The molecular weight excluding hydrogens is 240 g/mol. The van der Waals surface area contributed by atoms with E-state index in [2.05, 4.69) is 46.6 Å². The standard InChI is InChI=1S/C15H28N2O2/c1-10(2)17-14(13(19-7)9-16-17)12(18)8-11(3)15(4,5)6/h9-12,18H,8H2,1-7H3. The van der Waals surface area contributed by atoms with E-state index in [1.165, 1.54) is 0 Å². The van der Waals surface area contributed by atoms with E-state index < -0.39 is 6.10 Å². The normalized spacial score (nSPS) is 15.6. The highest BCUT2D eigenvalue weighted by atomic mass is 16.5. The van der Waals surface area contributed by atoms with Gasteiger partial charge in [0.2, 0.25) is 0 Å². The summed E-state index contributed by atoms with van der Waals surface area (Å²) in [6.45, 7) is 12.9. The van der Waals surface area contributed by atoms with E-state index in [9.17, 15) is 5.11 Å². The molecule has 0 amide bonds. The molecule has 4 nitrogen and oxygen atoms in total. The van der Waals surface area contributed by atoms with Gasteiger partial charge in [0.25, 0.3) is 0 Å². The van der Waals surface area contributed by atoms with Crippen LogP contribution in [0.1, 0.15) is 65.8 Å². The second-order valence-electron chi connectivity index (χ2n) is 6.66. The number of hydrogen-bond acceptors (Lipinski definition) is 3. The molecule has 1 heterocycles. The van der Waals surface area contributed by atoms with Crippen molar-refractivity contribution in [2.24, 2.45) is 11.3 Å². The van der Waals surface area contributed by atoms with Gasteiger partial charge < -0.3 is 9.84 Å². The first-order chi connectivity index (χ1) is 8.68. The van der Waals surface area contributed by atoms with Crippen molar-refractivity contribution in [3.8, 4) is 5.75 Å². The fourth-order valence-corrected chi connectivity index (χ4v) is 2.04. The molecule has 0 saturated carbocycles. The predicted molar refractivity (Wildman–Crippen MR) is 77.4 cm³/mol. The van der Waals surface area contributed by atoms with Crippen LogP contribution in [0.2, 0.25) is 0 Å². The van der Waals surface area contributed by atoms with Gasteiger partial charge in [0.1, 0.15) is 5.69 Å². The van der Waals surface area contributed by atoms with Gasteiger partial charge >= 0.3 is 0 Å². The molecule has 0 radical (unpaired) electrons. The lowest BCUT2D eigenvalue weighted by atomic mass is 9.78. The van der Waals surface area contributed by atoms with Crippen molar-refractivity contribution in [2.75, 3.05) is 7.11 Å². The number of methoxy groups -OCH3 is 1. The SMILES string of the molecule is COc1cnn(C(C)C)c1C(O)CC(C)C(C)(C)C. The van der Waals surface area contributed by atoms with Gasteiger partial charge in [0, 0.05) is 6.04 Å². The highest BCUT2D eigenvalue weighted by Crippen LogP contribution is 2.36. The minimum absolute atomic E-state index is 0.177. The predicted octanol–water partition coefficient (Wildman–Crippen LogP) is 3.58. The quantitative estimate of drug-likeness (QED) is 0.888. The number of hydrogen-bond donors (Lipinski definition) is 1. The Morgan fingerprint density at radius 3 is 2.32 bits per heavy atom. The van der Waals surface area contributed by atoms with Gasteiger partial charge in [0.15, 0.2) is 5.75 Å². The molecule has 0 bridgehead atoms. The van der Waals surface area contributed by atoms with Gasteiger partial charge in [-0.15, -0.1) is 0 Å². The third-order valence-corrected chi connectivity index (χ3v) is 3.88. The molecule has 4 heteroatoms. The van der Waals surface area contributed by atoms with Crippen LogP contribution >= 0.6 is 0 Å². The Balaban J connectivity index is 2.98. The van der Waals surface area contributed by atoms with Gasteiger partial charge in [-0.25, -0.2) is 0 Å². The zero-order valence-corrected chi connectivity index (χ0v) is 13.3. The summed E-state index contributed by atoms with van der Waals surface area (Å²) in [5.74, 6) is 1.07. The number of aliphatic hydroxyl groups is 1. The first-order valence-electron chi connectivity index (χ1n) is 6.98. The van der Waals surface area contributed by atoms with E-state index in [0.717, 1.165) is 5.69 Å². The smallest absolute Gasteiger partial charge is 0.162 e. The van der Waals surface area contributed by atoms with Crippen molar-refractivity contribution in [3.63, 3.8) is 0 Å². The Hall–Kier alpha value is -1.03. The largest absolute Gasteiger partial charge is 0.493 e. The summed E-state index contributed by atoms with van der Waals surface area (Å²) < 4.78 is 7.17. The lowest BCUT2D eigenvalue weighted by Gasteiger charge is -2.29. The summed E-state index contributed by atoms with van der Waals surface area (Å²) in [6, 6.07) is 0.207. The van der Waals surface area contributed by atoms with Crippen LogP contribution in [0.3, 0.4) is 0 Å². The molecule has 19 heavy (non-hydrogen) atoms. The van der Waals surface area contributed by atoms with Gasteiger partial charge in [0.05, 0.1) is 19.4 Å². The summed E-state index contributed by atoms with van der Waals surface area (Å²) in [6.07, 6.45) is 1.84. The lowest BCUT2D eigenvalue weighted by molar-refractivity contribution is 0.0997. The third-order valence-electron chi connectivity index (χ3n) is 3.88. The van der Waals surface area contributed by atoms with E-state index in [0.29, 0.717) is 18.1 Å². The van der Waals surface area contributed by atoms with E-state index in [-0.39, 0.29) is 11.5 Å². The van der Waals surface area contributed by atoms with Gasteiger partial charge in [-0.2, -0.15) is 5.10 Å². The molecule has 1 aromatic rings. The zero-order valence-electron chi connectivity index (χ0n) is 13.3. The molecule has 1 aromatic heterocycles. The number of rotatable bonds is 5.